The van der Waals surface area contributed by atoms with Crippen LogP contribution in [0, 0.1) is 0 Å². The summed E-state index contributed by atoms with van der Waals surface area (Å²) in [7, 11) is 1.23. The lowest BCUT2D eigenvalue weighted by Crippen LogP contribution is -2.59. The number of nitrogens with zero attached hydrogens (tertiary/aromatic N) is 2. The lowest BCUT2D eigenvalue weighted by Gasteiger charge is -2.46. The van der Waals surface area contributed by atoms with E-state index in [1.165, 1.54) is 41.2 Å². The van der Waals surface area contributed by atoms with E-state index in [4.69, 9.17) is 16.3 Å². The van der Waals surface area contributed by atoms with Gasteiger partial charge in [-0.15, -0.1) is 0 Å². The quantitative estimate of drug-likeness (QED) is 0.370. The number of ether oxygens (including phenoxy) is 2. The van der Waals surface area contributed by atoms with Crippen LogP contribution in [-0.4, -0.2) is 90.2 Å². The number of fused-ring (bicyclic) bond motifs is 2. The highest BCUT2D eigenvalue weighted by Crippen LogP contribution is 2.43. The van der Waals surface area contributed by atoms with Crippen LogP contribution in [0.1, 0.15) is 41.6 Å². The van der Waals surface area contributed by atoms with Gasteiger partial charge in [-0.3, -0.25) is 25.0 Å². The molecule has 4 N–H and O–H groups in total. The van der Waals surface area contributed by atoms with Gasteiger partial charge in [-0.2, -0.15) is 0 Å². The van der Waals surface area contributed by atoms with Crippen LogP contribution in [0.4, 0.5) is 21.0 Å². The average molecular weight is 614 g/mol. The molecule has 0 aromatic heterocycles. The van der Waals surface area contributed by atoms with Crippen LogP contribution in [0.5, 0.6) is 0 Å². The largest absolute Gasteiger partial charge is 0.453 e. The van der Waals surface area contributed by atoms with Gasteiger partial charge >= 0.3 is 12.2 Å². The number of carbonyl (C=O) groups is 5. The molecular formula is C29H32ClN5O8. The van der Waals surface area contributed by atoms with Crippen molar-refractivity contribution < 1.29 is 38.6 Å². The molecule has 2 aromatic rings. The predicted molar refractivity (Wildman–Crippen MR) is 155 cm³/mol. The normalized spacial score (nSPS) is 21.5. The second-order valence-corrected chi connectivity index (χ2v) is 11.1. The number of aliphatic hydroxyl groups is 1. The van der Waals surface area contributed by atoms with Gasteiger partial charge in [0.1, 0.15) is 6.04 Å². The molecule has 3 heterocycles. The molecule has 3 atom stereocenters. The summed E-state index contributed by atoms with van der Waals surface area (Å²) in [6.07, 6.45) is -0.0524. The zero-order valence-corrected chi connectivity index (χ0v) is 24.2. The minimum absolute atomic E-state index is 0.00400. The fourth-order valence-corrected chi connectivity index (χ4v) is 5.84. The van der Waals surface area contributed by atoms with Crippen molar-refractivity contribution in [3.8, 4) is 0 Å². The Kier molecular flexibility index (Phi) is 8.74. The van der Waals surface area contributed by atoms with Crippen LogP contribution in [-0.2, 0) is 24.7 Å². The van der Waals surface area contributed by atoms with E-state index in [1.807, 2.05) is 0 Å². The first kappa shape index (κ1) is 30.1. The van der Waals surface area contributed by atoms with Crippen molar-refractivity contribution in [2.45, 2.75) is 43.4 Å². The first-order valence-electron chi connectivity index (χ1n) is 13.9. The average Bonchev–Trinajstić information content (AvgIpc) is 2.97. The third-order valence-corrected chi connectivity index (χ3v) is 8.24. The van der Waals surface area contributed by atoms with Gasteiger partial charge in [-0.25, -0.2) is 9.59 Å². The van der Waals surface area contributed by atoms with Gasteiger partial charge < -0.3 is 29.7 Å². The predicted octanol–water partition coefficient (Wildman–Crippen LogP) is 2.68. The molecule has 2 fully saturated rings. The van der Waals surface area contributed by atoms with E-state index in [-0.39, 0.29) is 37.1 Å². The molecule has 5 rings (SSSR count). The number of benzene rings is 2. The smallest absolute Gasteiger partial charge is 0.412 e. The summed E-state index contributed by atoms with van der Waals surface area (Å²) in [4.78, 5) is 67.4. The number of piperidine rings is 1. The minimum Gasteiger partial charge on any atom is -0.453 e. The molecular weight excluding hydrogens is 582 g/mol. The maximum atomic E-state index is 14.0. The Bertz CT molecular complexity index is 1430. The van der Waals surface area contributed by atoms with Crippen molar-refractivity contribution in [3.05, 3.63) is 58.6 Å². The van der Waals surface area contributed by atoms with Crippen molar-refractivity contribution in [2.24, 2.45) is 0 Å². The highest BCUT2D eigenvalue weighted by molar-refractivity contribution is 6.30. The molecule has 228 valence electrons. The van der Waals surface area contributed by atoms with E-state index in [9.17, 15) is 29.1 Å². The summed E-state index contributed by atoms with van der Waals surface area (Å²) in [5.74, 6) is -1.49. The molecule has 14 heteroatoms. The van der Waals surface area contributed by atoms with Crippen molar-refractivity contribution in [1.29, 1.82) is 0 Å². The Labute approximate surface area is 252 Å². The van der Waals surface area contributed by atoms with Gasteiger partial charge in [0.25, 0.3) is 5.91 Å². The molecule has 43 heavy (non-hydrogen) atoms. The highest BCUT2D eigenvalue weighted by atomic mass is 35.5. The molecule has 3 aliphatic rings. The first-order chi connectivity index (χ1) is 20.6. The summed E-state index contributed by atoms with van der Waals surface area (Å²) in [6.45, 7) is 0.572. The molecule has 1 spiro atoms. The zero-order chi connectivity index (χ0) is 30.7. The highest BCUT2D eigenvalue weighted by Gasteiger charge is 2.47. The number of methoxy groups -OCH3 is 1. The van der Waals surface area contributed by atoms with Gasteiger partial charge in [0.05, 0.1) is 38.4 Å². The number of aliphatic hydroxyl groups excluding tert-OH is 1. The number of hydrogen-bond donors (Lipinski definition) is 4. The van der Waals surface area contributed by atoms with Gasteiger partial charge in [0.15, 0.2) is 5.60 Å². The number of nitrogens with one attached hydrogen (secondary N) is 3. The number of rotatable bonds is 7. The number of carbonyl (C=O) groups excluding carboxylic acids is 5. The van der Waals surface area contributed by atoms with Crippen molar-refractivity contribution in [3.63, 3.8) is 0 Å². The first-order valence-corrected chi connectivity index (χ1v) is 14.3. The van der Waals surface area contributed by atoms with Gasteiger partial charge in [-0.05, 0) is 61.7 Å². The number of halogens is 1. The molecule has 0 unspecified atom stereocenters. The lowest BCUT2D eigenvalue weighted by atomic mass is 9.83. The van der Waals surface area contributed by atoms with Crippen LogP contribution in [0.15, 0.2) is 42.5 Å². The van der Waals surface area contributed by atoms with E-state index in [1.54, 1.807) is 18.2 Å². The van der Waals surface area contributed by atoms with Crippen LogP contribution in [0.2, 0.25) is 5.02 Å². The topological polar surface area (TPSA) is 167 Å². The standard InChI is InChI=1S/C29H32ClN5O8/c1-42-27(40)31-19-6-3-17(4-7-19)25(38)32-23(14-24(37)35-12-9-20(35)15-36)26(39)34-11-2-10-29(16-34)21-13-18(30)5-8-22(21)33-28(41)43-29/h3-8,13,20,23,36H,2,9-12,14-16H2,1H3,(H,31,40)(H,32,38)(H,33,41)/t20-,23-,29-/m0/s1. The second kappa shape index (κ2) is 12.5. The van der Waals surface area contributed by atoms with E-state index in [0.717, 1.165) is 0 Å². The minimum atomic E-state index is -1.24. The molecule has 0 aliphatic carbocycles. The Morgan fingerprint density at radius 2 is 1.95 bits per heavy atom. The summed E-state index contributed by atoms with van der Waals surface area (Å²) < 4.78 is 10.4. The van der Waals surface area contributed by atoms with Crippen molar-refractivity contribution >= 4 is 52.9 Å². The summed E-state index contributed by atoms with van der Waals surface area (Å²) in [5.41, 5.74) is 0.615. The van der Waals surface area contributed by atoms with E-state index in [0.29, 0.717) is 54.3 Å². The van der Waals surface area contributed by atoms with E-state index in [2.05, 4.69) is 20.7 Å². The molecule has 0 saturated carbocycles. The van der Waals surface area contributed by atoms with Crippen molar-refractivity contribution in [2.75, 3.05) is 44.0 Å². The number of hydrogen-bond acceptors (Lipinski definition) is 8. The maximum Gasteiger partial charge on any atom is 0.412 e. The van der Waals surface area contributed by atoms with Crippen LogP contribution >= 0.6 is 11.6 Å². The Hall–Kier alpha value is -4.36. The fourth-order valence-electron chi connectivity index (χ4n) is 5.67. The van der Waals surface area contributed by atoms with E-state index >= 15 is 0 Å². The van der Waals surface area contributed by atoms with Crippen LogP contribution in [0.3, 0.4) is 0 Å². The SMILES string of the molecule is COC(=O)Nc1ccc(C(=O)N[C@@H](CC(=O)N2CC[C@H]2CO)C(=O)N2CCC[C@@]3(C2)OC(=O)Nc2ccc(Cl)cc23)cc1. The molecule has 0 radical (unpaired) electrons. The number of likely N-dealkylation sites (tertiary alicyclic amines) is 2. The molecule has 3 aliphatic heterocycles. The molecule has 2 saturated heterocycles. The number of anilines is 2. The van der Waals surface area contributed by atoms with Crippen molar-refractivity contribution in [1.82, 2.24) is 15.1 Å². The molecule has 13 nitrogen and oxygen atoms in total. The summed E-state index contributed by atoms with van der Waals surface area (Å²) >= 11 is 6.27. The zero-order valence-electron chi connectivity index (χ0n) is 23.4. The van der Waals surface area contributed by atoms with Gasteiger partial charge in [-0.1, -0.05) is 11.6 Å². The molecule has 2 aromatic carbocycles. The number of amides is 5. The Morgan fingerprint density at radius 3 is 2.63 bits per heavy atom. The van der Waals surface area contributed by atoms with Gasteiger partial charge in [0, 0.05) is 34.9 Å². The molecule has 5 amide bonds. The summed E-state index contributed by atoms with van der Waals surface area (Å²) in [6, 6.07) is 9.39. The third kappa shape index (κ3) is 6.37. The Balaban J connectivity index is 1.37. The third-order valence-electron chi connectivity index (χ3n) is 8.00. The van der Waals surface area contributed by atoms with E-state index < -0.39 is 35.6 Å². The monoisotopic (exact) mass is 613 g/mol. The maximum absolute atomic E-state index is 14.0. The Morgan fingerprint density at radius 1 is 1.19 bits per heavy atom. The lowest BCUT2D eigenvalue weighted by molar-refractivity contribution is -0.147. The summed E-state index contributed by atoms with van der Waals surface area (Å²) in [5, 5.41) is 17.9. The molecule has 0 bridgehead atoms. The van der Waals surface area contributed by atoms with Crippen LogP contribution < -0.4 is 16.0 Å². The van der Waals surface area contributed by atoms with Gasteiger partial charge in [0.2, 0.25) is 11.8 Å². The second-order valence-electron chi connectivity index (χ2n) is 10.7. The van der Waals surface area contributed by atoms with Crippen LogP contribution in [0.25, 0.3) is 0 Å². The fraction of sp³-hybridized carbons (Fsp3) is 0.414.